The third kappa shape index (κ3) is 10.4. The van der Waals surface area contributed by atoms with E-state index in [1.807, 2.05) is 27.8 Å². The van der Waals surface area contributed by atoms with E-state index in [0.29, 0.717) is 12.3 Å². The van der Waals surface area contributed by atoms with Gasteiger partial charge < -0.3 is 20.7 Å². The summed E-state index contributed by atoms with van der Waals surface area (Å²) in [6, 6.07) is 3.75. The number of nitrogens with zero attached hydrogens (tertiary/aromatic N) is 2. The number of ether oxygens (including phenoxy) is 1. The molecular formula is C24H44N4O2. The van der Waals surface area contributed by atoms with Crippen LogP contribution in [0.4, 0.5) is 5.82 Å². The van der Waals surface area contributed by atoms with Gasteiger partial charge in [-0.25, -0.2) is 4.98 Å². The molecule has 1 aromatic heterocycles. The van der Waals surface area contributed by atoms with Crippen molar-refractivity contribution in [1.82, 2.24) is 9.88 Å². The van der Waals surface area contributed by atoms with E-state index in [1.165, 1.54) is 5.56 Å². The molecule has 0 saturated heterocycles. The van der Waals surface area contributed by atoms with Crippen LogP contribution in [0.5, 0.6) is 0 Å². The highest BCUT2D eigenvalue weighted by Crippen LogP contribution is 2.15. The van der Waals surface area contributed by atoms with Gasteiger partial charge >= 0.3 is 5.97 Å². The molecule has 30 heavy (non-hydrogen) atoms. The number of carbonyl (C=O) groups excluding carboxylic acids is 1. The third-order valence-corrected chi connectivity index (χ3v) is 4.90. The molecule has 0 aliphatic carbocycles. The minimum absolute atomic E-state index is 0.311. The Kier molecular flexibility index (Phi) is 11.3. The molecule has 0 amide bonds. The maximum absolute atomic E-state index is 12.1. The summed E-state index contributed by atoms with van der Waals surface area (Å²) in [5.41, 5.74) is 7.97. The first-order valence-corrected chi connectivity index (χ1v) is 11.4. The Bertz CT molecular complexity index is 641. The summed E-state index contributed by atoms with van der Waals surface area (Å²) >= 11 is 0. The van der Waals surface area contributed by atoms with Gasteiger partial charge in [-0.1, -0.05) is 26.8 Å². The van der Waals surface area contributed by atoms with Crippen LogP contribution >= 0.6 is 0 Å². The van der Waals surface area contributed by atoms with E-state index in [1.54, 1.807) is 0 Å². The molecular weight excluding hydrogens is 376 g/mol. The molecule has 0 aliphatic rings. The van der Waals surface area contributed by atoms with E-state index in [2.05, 4.69) is 43.1 Å². The Morgan fingerprint density at radius 1 is 1.23 bits per heavy atom. The molecule has 1 rings (SSSR count). The normalized spacial score (nSPS) is 13.0. The minimum Gasteiger partial charge on any atom is -0.459 e. The fraction of sp³-hybridized carbons (Fsp3) is 0.750. The number of nitrogens with one attached hydrogen (secondary N) is 1. The topological polar surface area (TPSA) is 80.5 Å². The molecule has 0 saturated carbocycles. The van der Waals surface area contributed by atoms with Crippen molar-refractivity contribution in [3.8, 4) is 0 Å². The summed E-state index contributed by atoms with van der Waals surface area (Å²) in [7, 11) is 1.93. The average molecular weight is 421 g/mol. The van der Waals surface area contributed by atoms with E-state index in [0.717, 1.165) is 56.8 Å². The number of anilines is 1. The summed E-state index contributed by atoms with van der Waals surface area (Å²) < 4.78 is 5.40. The van der Waals surface area contributed by atoms with Crippen LogP contribution in [-0.4, -0.2) is 54.2 Å². The molecule has 0 radical (unpaired) electrons. The number of unbranched alkanes of at least 4 members (excludes halogenated alkanes) is 1. The summed E-state index contributed by atoms with van der Waals surface area (Å²) in [6.45, 7) is 15.0. The Balaban J connectivity index is 2.48. The zero-order chi connectivity index (χ0) is 22.7. The number of pyridine rings is 1. The largest absolute Gasteiger partial charge is 0.459 e. The number of rotatable bonds is 13. The lowest BCUT2D eigenvalue weighted by molar-refractivity contribution is -0.156. The second-order valence-electron chi connectivity index (χ2n) is 9.49. The highest BCUT2D eigenvalue weighted by atomic mass is 16.6. The van der Waals surface area contributed by atoms with Gasteiger partial charge in [0.25, 0.3) is 0 Å². The molecule has 1 heterocycles. The predicted molar refractivity (Wildman–Crippen MR) is 126 cm³/mol. The van der Waals surface area contributed by atoms with Crippen LogP contribution in [0.3, 0.4) is 0 Å². The Labute approximate surface area is 184 Å². The summed E-state index contributed by atoms with van der Waals surface area (Å²) in [6.07, 6.45) is 4.77. The van der Waals surface area contributed by atoms with Gasteiger partial charge in [-0.3, -0.25) is 4.79 Å². The van der Waals surface area contributed by atoms with Crippen molar-refractivity contribution in [2.45, 2.75) is 85.3 Å². The first-order valence-electron chi connectivity index (χ1n) is 11.4. The number of carbonyl (C=O) groups is 1. The van der Waals surface area contributed by atoms with Crippen molar-refractivity contribution in [3.05, 3.63) is 23.4 Å². The lowest BCUT2D eigenvalue weighted by Crippen LogP contribution is -2.40. The van der Waals surface area contributed by atoms with Crippen molar-refractivity contribution in [2.75, 3.05) is 32.0 Å². The van der Waals surface area contributed by atoms with Crippen LogP contribution < -0.4 is 11.1 Å². The van der Waals surface area contributed by atoms with Crippen LogP contribution in [0.15, 0.2) is 12.1 Å². The van der Waals surface area contributed by atoms with Gasteiger partial charge in [0.05, 0.1) is 0 Å². The number of nitrogens with two attached hydrogens (primary N) is 1. The standard InChI is InChI=1S/C24H44N4O2/c1-8-19-12-13-20(27-22(19)26-7)11-9-10-15-28(17-18(2)3)16-14-21(25)23(29)30-24(4,5)6/h12-13,18,21H,8-11,14-17,25H2,1-7H3,(H,26,27). The van der Waals surface area contributed by atoms with Gasteiger partial charge in [0.2, 0.25) is 0 Å². The van der Waals surface area contributed by atoms with E-state index in [-0.39, 0.29) is 5.97 Å². The number of hydrogen-bond acceptors (Lipinski definition) is 6. The van der Waals surface area contributed by atoms with E-state index in [4.69, 9.17) is 15.5 Å². The van der Waals surface area contributed by atoms with Gasteiger partial charge in [0.1, 0.15) is 17.5 Å². The SMILES string of the molecule is CCc1ccc(CCCCN(CCC(N)C(=O)OC(C)(C)C)CC(C)C)nc1NC. The van der Waals surface area contributed by atoms with Crippen LogP contribution in [0.1, 0.15) is 72.1 Å². The highest BCUT2D eigenvalue weighted by molar-refractivity contribution is 5.75. The zero-order valence-corrected chi connectivity index (χ0v) is 20.3. The zero-order valence-electron chi connectivity index (χ0n) is 20.3. The molecule has 1 atom stereocenters. The third-order valence-electron chi connectivity index (χ3n) is 4.90. The number of esters is 1. The Morgan fingerprint density at radius 3 is 2.50 bits per heavy atom. The molecule has 0 aliphatic heterocycles. The lowest BCUT2D eigenvalue weighted by atomic mass is 10.1. The summed E-state index contributed by atoms with van der Waals surface area (Å²) in [4.78, 5) is 19.3. The number of aromatic nitrogens is 1. The molecule has 6 heteroatoms. The van der Waals surface area contributed by atoms with Crippen molar-refractivity contribution >= 4 is 11.8 Å². The summed E-state index contributed by atoms with van der Waals surface area (Å²) in [5.74, 6) is 1.26. The minimum atomic E-state index is -0.569. The van der Waals surface area contributed by atoms with Crippen LogP contribution in [-0.2, 0) is 22.4 Å². The number of aryl methyl sites for hydroxylation is 2. The van der Waals surface area contributed by atoms with Crippen molar-refractivity contribution in [3.63, 3.8) is 0 Å². The van der Waals surface area contributed by atoms with Gasteiger partial charge in [0.15, 0.2) is 0 Å². The van der Waals surface area contributed by atoms with Gasteiger partial charge in [-0.2, -0.15) is 0 Å². The Morgan fingerprint density at radius 2 is 1.93 bits per heavy atom. The molecule has 0 fully saturated rings. The van der Waals surface area contributed by atoms with E-state index < -0.39 is 11.6 Å². The smallest absolute Gasteiger partial charge is 0.323 e. The Hall–Kier alpha value is -1.66. The van der Waals surface area contributed by atoms with E-state index in [9.17, 15) is 4.79 Å². The lowest BCUT2D eigenvalue weighted by Gasteiger charge is -2.26. The van der Waals surface area contributed by atoms with Crippen LogP contribution in [0.25, 0.3) is 0 Å². The predicted octanol–water partition coefficient (Wildman–Crippen LogP) is 4.03. The molecule has 0 spiro atoms. The first kappa shape index (κ1) is 26.4. The number of hydrogen-bond donors (Lipinski definition) is 2. The van der Waals surface area contributed by atoms with Gasteiger partial charge in [-0.15, -0.1) is 0 Å². The molecule has 1 unspecified atom stereocenters. The summed E-state index contributed by atoms with van der Waals surface area (Å²) in [5, 5.41) is 3.20. The molecule has 172 valence electrons. The molecule has 1 aromatic rings. The first-order chi connectivity index (χ1) is 14.1. The van der Waals surface area contributed by atoms with Crippen LogP contribution in [0.2, 0.25) is 0 Å². The fourth-order valence-electron chi connectivity index (χ4n) is 3.44. The van der Waals surface area contributed by atoms with Crippen molar-refractivity contribution in [1.29, 1.82) is 0 Å². The molecule has 0 bridgehead atoms. The highest BCUT2D eigenvalue weighted by Gasteiger charge is 2.22. The van der Waals surface area contributed by atoms with Gasteiger partial charge in [-0.05, 0) is 77.0 Å². The molecule has 6 nitrogen and oxygen atoms in total. The van der Waals surface area contributed by atoms with Crippen molar-refractivity contribution < 1.29 is 9.53 Å². The van der Waals surface area contributed by atoms with Gasteiger partial charge in [0, 0.05) is 25.8 Å². The molecule has 3 N–H and O–H groups in total. The van der Waals surface area contributed by atoms with E-state index >= 15 is 0 Å². The second kappa shape index (κ2) is 12.9. The maximum Gasteiger partial charge on any atom is 0.323 e. The fourth-order valence-corrected chi connectivity index (χ4v) is 3.44. The quantitative estimate of drug-likeness (QED) is 0.370. The average Bonchev–Trinajstić information content (AvgIpc) is 2.66. The molecule has 0 aromatic carbocycles. The monoisotopic (exact) mass is 420 g/mol. The second-order valence-corrected chi connectivity index (χ2v) is 9.49. The van der Waals surface area contributed by atoms with Crippen LogP contribution in [0, 0.1) is 5.92 Å². The maximum atomic E-state index is 12.1. The van der Waals surface area contributed by atoms with Crippen molar-refractivity contribution in [2.24, 2.45) is 11.7 Å².